The Kier molecular flexibility index (Phi) is 10.9. The first kappa shape index (κ1) is 34.2. The third-order valence-corrected chi connectivity index (χ3v) is 6.98. The van der Waals surface area contributed by atoms with E-state index in [0.29, 0.717) is 0 Å². The van der Waals surface area contributed by atoms with Crippen molar-refractivity contribution in [1.82, 2.24) is 9.55 Å². The molecule has 0 saturated carbocycles. The van der Waals surface area contributed by atoms with Crippen LogP contribution >= 0.6 is 0 Å². The molecule has 47 heavy (non-hydrogen) atoms. The van der Waals surface area contributed by atoms with Crippen LogP contribution in [0, 0.1) is 38.8 Å². The Morgan fingerprint density at radius 2 is 1.49 bits per heavy atom. The van der Waals surface area contributed by atoms with Crippen molar-refractivity contribution in [2.45, 2.75) is 44.6 Å². The van der Waals surface area contributed by atoms with E-state index in [-0.39, 0.29) is 36.0 Å². The molecule has 1 N–H and O–H groups in total. The maximum absolute atomic E-state index is 14.1. The van der Waals surface area contributed by atoms with Crippen molar-refractivity contribution in [3.05, 3.63) is 112 Å². The van der Waals surface area contributed by atoms with Gasteiger partial charge in [-0.2, -0.15) is 0 Å². The number of hydrogen-bond donors (Lipinski definition) is 1. The molecular weight excluding hydrogens is 638 g/mol. The first-order chi connectivity index (χ1) is 22.3. The van der Waals surface area contributed by atoms with Gasteiger partial charge in [0.25, 0.3) is 16.9 Å². The van der Waals surface area contributed by atoms with E-state index in [1.807, 2.05) is 0 Å². The average Bonchev–Trinajstić information content (AvgIpc) is 3.41. The van der Waals surface area contributed by atoms with E-state index in [9.17, 15) is 48.2 Å². The third kappa shape index (κ3) is 8.51. The van der Waals surface area contributed by atoms with Gasteiger partial charge >= 0.3 is 18.0 Å². The first-order valence-electron chi connectivity index (χ1n) is 13.8. The Morgan fingerprint density at radius 3 is 2.04 bits per heavy atom. The predicted octanol–water partition coefficient (Wildman–Crippen LogP) is 3.39. The van der Waals surface area contributed by atoms with Crippen molar-refractivity contribution in [3.63, 3.8) is 0 Å². The Morgan fingerprint density at radius 1 is 0.936 bits per heavy atom. The second-order valence-electron chi connectivity index (χ2n) is 10.00. The lowest BCUT2D eigenvalue weighted by molar-refractivity contribution is -0.385. The maximum Gasteiger partial charge on any atom is 0.508 e. The maximum atomic E-state index is 14.1. The minimum absolute atomic E-state index is 0.158. The molecule has 2 aromatic carbocycles. The minimum Gasteiger partial charge on any atom is -0.434 e. The van der Waals surface area contributed by atoms with E-state index in [1.54, 1.807) is 0 Å². The number of carbonyl (C=O) groups excluding carboxylic acids is 2. The van der Waals surface area contributed by atoms with Gasteiger partial charge < -0.3 is 23.7 Å². The van der Waals surface area contributed by atoms with E-state index >= 15 is 0 Å². The molecule has 0 bridgehead atoms. The van der Waals surface area contributed by atoms with Crippen LogP contribution in [0.3, 0.4) is 0 Å². The van der Waals surface area contributed by atoms with Crippen LogP contribution in [-0.2, 0) is 36.5 Å². The van der Waals surface area contributed by atoms with Gasteiger partial charge in [-0.1, -0.05) is 12.1 Å². The second-order valence-corrected chi connectivity index (χ2v) is 10.00. The Bertz CT molecular complexity index is 1790. The van der Waals surface area contributed by atoms with Crippen molar-refractivity contribution in [1.29, 1.82) is 0 Å². The molecule has 4 rings (SSSR count). The molecule has 0 unspecified atom stereocenters. The van der Waals surface area contributed by atoms with E-state index in [0.717, 1.165) is 41.0 Å². The summed E-state index contributed by atoms with van der Waals surface area (Å²) in [6.45, 7) is -0.176. The number of nitrogens with one attached hydrogen (secondary N) is 1. The molecule has 0 spiro atoms. The number of carbonyl (C=O) groups is 2. The molecule has 3 atom stereocenters. The highest BCUT2D eigenvalue weighted by atomic mass is 19.1. The first-order valence-corrected chi connectivity index (χ1v) is 13.8. The number of ether oxygens (including phenoxy) is 5. The fourth-order valence-corrected chi connectivity index (χ4v) is 4.70. The molecule has 1 aliphatic heterocycles. The molecule has 0 aliphatic carbocycles. The molecule has 2 heterocycles. The molecule has 3 aromatic rings. The van der Waals surface area contributed by atoms with Crippen LogP contribution in [0.15, 0.2) is 52.2 Å². The summed E-state index contributed by atoms with van der Waals surface area (Å²) in [6.07, 6.45) is -5.82. The number of benzene rings is 2. The summed E-state index contributed by atoms with van der Waals surface area (Å²) in [7, 11) is 0. The zero-order valence-electron chi connectivity index (χ0n) is 24.4. The second kappa shape index (κ2) is 15.0. The number of aromatic nitrogens is 2. The molecule has 1 aromatic heterocycles. The van der Waals surface area contributed by atoms with Crippen molar-refractivity contribution >= 4 is 23.7 Å². The van der Waals surface area contributed by atoms with E-state index in [4.69, 9.17) is 23.7 Å². The van der Waals surface area contributed by atoms with E-state index in [2.05, 4.69) is 4.98 Å². The zero-order valence-corrected chi connectivity index (χ0v) is 24.4. The number of hydrogen-bond acceptors (Lipinski definition) is 13. The fourth-order valence-electron chi connectivity index (χ4n) is 4.70. The molecule has 19 heteroatoms. The summed E-state index contributed by atoms with van der Waals surface area (Å²) in [5.74, 6) is -1.74. The lowest BCUT2D eigenvalue weighted by atomic mass is 10.1. The number of rotatable bonds is 12. The van der Waals surface area contributed by atoms with Crippen molar-refractivity contribution < 1.29 is 51.9 Å². The van der Waals surface area contributed by atoms with Crippen molar-refractivity contribution in [2.75, 3.05) is 19.8 Å². The van der Waals surface area contributed by atoms with Gasteiger partial charge in [0.05, 0.1) is 34.2 Å². The van der Waals surface area contributed by atoms with Crippen LogP contribution in [0.4, 0.5) is 29.7 Å². The van der Waals surface area contributed by atoms with Crippen molar-refractivity contribution in [3.8, 4) is 0 Å². The Balaban J connectivity index is 1.39. The number of aromatic amines is 1. The van der Waals surface area contributed by atoms with Crippen LogP contribution in [0.1, 0.15) is 29.3 Å². The quantitative estimate of drug-likeness (QED) is 0.167. The molecule has 0 radical (unpaired) electrons. The number of nitrogens with zero attached hydrogens (tertiary/aromatic N) is 3. The summed E-state index contributed by atoms with van der Waals surface area (Å²) in [5, 5.41) is 22.4. The van der Waals surface area contributed by atoms with Gasteiger partial charge in [-0.25, -0.2) is 23.2 Å². The smallest absolute Gasteiger partial charge is 0.434 e. The standard InChI is InChI=1S/C28H26F2N4O13/c1-15-13-32(26(36)31-25(15)35)24-12-22(47-28(38)44-11-9-17-19(30)5-3-7-21(17)34(41)42)23(46-24)14-45-27(37)43-10-8-16-18(29)4-2-6-20(16)33(39)40/h2-7,13,22-24H,8-12,14H2,1H3,(H,31,35,36)/t22-,23+,24+/m0/s1. The molecule has 250 valence electrons. The van der Waals surface area contributed by atoms with Gasteiger partial charge in [0.1, 0.15) is 36.7 Å². The lowest BCUT2D eigenvalue weighted by Gasteiger charge is -2.18. The predicted molar refractivity (Wildman–Crippen MR) is 152 cm³/mol. The topological polar surface area (TPSA) is 221 Å². The van der Waals surface area contributed by atoms with Crippen LogP contribution < -0.4 is 11.2 Å². The van der Waals surface area contributed by atoms with Gasteiger partial charge in [-0.05, 0) is 19.1 Å². The summed E-state index contributed by atoms with van der Waals surface area (Å²) in [5.41, 5.74) is -2.92. The summed E-state index contributed by atoms with van der Waals surface area (Å²) >= 11 is 0. The summed E-state index contributed by atoms with van der Waals surface area (Å²) in [4.78, 5) is 71.9. The highest BCUT2D eigenvalue weighted by Crippen LogP contribution is 2.31. The van der Waals surface area contributed by atoms with Crippen molar-refractivity contribution in [2.24, 2.45) is 0 Å². The number of nitro groups is 2. The van der Waals surface area contributed by atoms with Gasteiger partial charge in [-0.15, -0.1) is 0 Å². The highest BCUT2D eigenvalue weighted by molar-refractivity contribution is 5.61. The van der Waals surface area contributed by atoms with Gasteiger partial charge in [0, 0.05) is 43.2 Å². The summed E-state index contributed by atoms with van der Waals surface area (Å²) in [6, 6.07) is 6.52. The average molecular weight is 665 g/mol. The number of aryl methyl sites for hydroxylation is 1. The Hall–Kier alpha value is -5.72. The molecule has 1 aliphatic rings. The van der Waals surface area contributed by atoms with Gasteiger partial charge in [-0.3, -0.25) is 34.6 Å². The molecule has 17 nitrogen and oxygen atoms in total. The minimum atomic E-state index is -1.29. The SMILES string of the molecule is Cc1cn([C@H]2C[C@H](OC(=O)OCCc3c(F)cccc3[N+](=O)[O-])[C@@H](COC(=O)OCCc3c(F)cccc3[N+](=O)[O-])O2)c(=O)[nH]c1=O. The van der Waals surface area contributed by atoms with E-state index in [1.165, 1.54) is 13.1 Å². The van der Waals surface area contributed by atoms with Crippen LogP contribution in [0.5, 0.6) is 0 Å². The molecule has 1 saturated heterocycles. The largest absolute Gasteiger partial charge is 0.508 e. The van der Waals surface area contributed by atoms with Gasteiger partial charge in [0.15, 0.2) is 0 Å². The van der Waals surface area contributed by atoms with Crippen LogP contribution in [0.25, 0.3) is 0 Å². The Labute approximate surface area is 261 Å². The third-order valence-electron chi connectivity index (χ3n) is 6.98. The summed E-state index contributed by atoms with van der Waals surface area (Å²) < 4.78 is 55.2. The number of halogens is 2. The molecular formula is C28H26F2N4O13. The normalized spacial score (nSPS) is 17.1. The molecule has 1 fully saturated rings. The highest BCUT2D eigenvalue weighted by Gasteiger charge is 2.41. The van der Waals surface area contributed by atoms with E-state index < -0.39 is 94.7 Å². The number of nitro benzene ring substituents is 2. The molecule has 0 amide bonds. The van der Waals surface area contributed by atoms with Gasteiger partial charge in [0.2, 0.25) is 0 Å². The fraction of sp³-hybridized carbons (Fsp3) is 0.357. The van der Waals surface area contributed by atoms with Crippen LogP contribution in [-0.4, -0.2) is 63.7 Å². The monoisotopic (exact) mass is 664 g/mol. The van der Waals surface area contributed by atoms with Crippen LogP contribution in [0.2, 0.25) is 0 Å². The number of H-pyrrole nitrogens is 1. The zero-order chi connectivity index (χ0) is 34.2. The lowest BCUT2D eigenvalue weighted by Crippen LogP contribution is -2.33.